The second kappa shape index (κ2) is 7.75. The Kier molecular flexibility index (Phi) is 5.41. The van der Waals surface area contributed by atoms with Crippen molar-refractivity contribution in [2.45, 2.75) is 23.8 Å². The lowest BCUT2D eigenvalue weighted by atomic mass is 10.1. The number of cyclic esters (lactones) is 1. The fourth-order valence-electron chi connectivity index (χ4n) is 2.47. The lowest BCUT2D eigenvalue weighted by Crippen LogP contribution is -2.23. The molecule has 2 aromatic carbocycles. The van der Waals surface area contributed by atoms with Crippen LogP contribution in [0.25, 0.3) is 0 Å². The highest BCUT2D eigenvalue weighted by Gasteiger charge is 2.30. The summed E-state index contributed by atoms with van der Waals surface area (Å²) in [5.41, 5.74) is 0.881. The van der Waals surface area contributed by atoms with Crippen LogP contribution in [0.1, 0.15) is 12.0 Å². The standard InChI is InChI=1S/C18H16FNO6S/c19-13-3-7-15(8-4-13)27(23,24)20-14-5-1-12(2-6-14)11-17(21)26-16-9-10-25-18(16)22/h1-8,16,20H,9-11H2/t16-/m1/s1. The quantitative estimate of drug-likeness (QED) is 0.754. The number of esters is 2. The van der Waals surface area contributed by atoms with Gasteiger partial charge >= 0.3 is 11.9 Å². The molecule has 27 heavy (non-hydrogen) atoms. The Bertz CT molecular complexity index is 941. The zero-order valence-electron chi connectivity index (χ0n) is 14.1. The minimum atomic E-state index is -3.85. The minimum Gasteiger partial charge on any atom is -0.463 e. The van der Waals surface area contributed by atoms with Crippen LogP contribution in [0, 0.1) is 5.82 Å². The normalized spacial score (nSPS) is 16.6. The summed E-state index contributed by atoms with van der Waals surface area (Å²) in [7, 11) is -3.85. The van der Waals surface area contributed by atoms with Crippen molar-refractivity contribution in [3.63, 3.8) is 0 Å². The highest BCUT2D eigenvalue weighted by Crippen LogP contribution is 2.18. The number of rotatable bonds is 6. The molecule has 7 nitrogen and oxygen atoms in total. The first-order valence-corrected chi connectivity index (χ1v) is 9.55. The Morgan fingerprint density at radius 1 is 1.15 bits per heavy atom. The van der Waals surface area contributed by atoms with Gasteiger partial charge in [0.15, 0.2) is 0 Å². The van der Waals surface area contributed by atoms with E-state index in [0.29, 0.717) is 12.0 Å². The summed E-state index contributed by atoms with van der Waals surface area (Å²) in [6.45, 7) is 0.236. The van der Waals surface area contributed by atoms with Crippen molar-refractivity contribution in [1.82, 2.24) is 0 Å². The summed E-state index contributed by atoms with van der Waals surface area (Å²) in [6.07, 6.45) is -0.581. The van der Waals surface area contributed by atoms with Crippen LogP contribution in [-0.2, 0) is 35.5 Å². The Morgan fingerprint density at radius 2 is 1.81 bits per heavy atom. The molecule has 1 N–H and O–H groups in total. The molecule has 1 aliphatic heterocycles. The molecule has 0 unspecified atom stereocenters. The van der Waals surface area contributed by atoms with Crippen molar-refractivity contribution in [2.75, 3.05) is 11.3 Å². The zero-order valence-corrected chi connectivity index (χ0v) is 14.9. The molecule has 3 rings (SSSR count). The van der Waals surface area contributed by atoms with Gasteiger partial charge in [-0.25, -0.2) is 17.6 Å². The van der Waals surface area contributed by atoms with E-state index in [1.807, 2.05) is 0 Å². The van der Waals surface area contributed by atoms with E-state index in [2.05, 4.69) is 4.72 Å². The van der Waals surface area contributed by atoms with Gasteiger partial charge in [-0.1, -0.05) is 12.1 Å². The van der Waals surface area contributed by atoms with Crippen LogP contribution < -0.4 is 4.72 Å². The molecule has 0 spiro atoms. The highest BCUT2D eigenvalue weighted by molar-refractivity contribution is 7.92. The third kappa shape index (κ3) is 4.82. The van der Waals surface area contributed by atoms with Crippen molar-refractivity contribution < 1.29 is 31.9 Å². The molecule has 0 aliphatic carbocycles. The Hall–Kier alpha value is -2.94. The van der Waals surface area contributed by atoms with E-state index >= 15 is 0 Å². The zero-order chi connectivity index (χ0) is 19.4. The fraction of sp³-hybridized carbons (Fsp3) is 0.222. The van der Waals surface area contributed by atoms with E-state index in [-0.39, 0.29) is 23.6 Å². The lowest BCUT2D eigenvalue weighted by Gasteiger charge is -2.10. The average Bonchev–Trinajstić information content (AvgIpc) is 3.01. The number of nitrogens with one attached hydrogen (secondary N) is 1. The summed E-state index contributed by atoms with van der Waals surface area (Å²) in [5, 5.41) is 0. The fourth-order valence-corrected chi connectivity index (χ4v) is 3.53. The molecule has 1 heterocycles. The summed E-state index contributed by atoms with van der Waals surface area (Å²) in [5.74, 6) is -1.65. The third-order valence-electron chi connectivity index (χ3n) is 3.84. The maximum atomic E-state index is 12.9. The molecule has 0 amide bonds. The number of hydrogen-bond acceptors (Lipinski definition) is 6. The van der Waals surface area contributed by atoms with E-state index in [1.54, 1.807) is 12.1 Å². The van der Waals surface area contributed by atoms with Gasteiger partial charge in [-0.05, 0) is 42.0 Å². The van der Waals surface area contributed by atoms with Gasteiger partial charge in [-0.3, -0.25) is 9.52 Å². The summed E-state index contributed by atoms with van der Waals surface area (Å²) in [6, 6.07) is 10.6. The summed E-state index contributed by atoms with van der Waals surface area (Å²) in [4.78, 5) is 23.1. The van der Waals surface area contributed by atoms with E-state index in [0.717, 1.165) is 24.3 Å². The van der Waals surface area contributed by atoms with Gasteiger partial charge in [0.2, 0.25) is 6.10 Å². The van der Waals surface area contributed by atoms with Crippen LogP contribution in [0.3, 0.4) is 0 Å². The van der Waals surface area contributed by atoms with Crippen LogP contribution in [0.5, 0.6) is 0 Å². The van der Waals surface area contributed by atoms with Gasteiger partial charge in [0.05, 0.1) is 17.9 Å². The number of ether oxygens (including phenoxy) is 2. The van der Waals surface area contributed by atoms with E-state index in [1.165, 1.54) is 12.1 Å². The summed E-state index contributed by atoms with van der Waals surface area (Å²) < 4.78 is 49.6. The van der Waals surface area contributed by atoms with Crippen LogP contribution in [0.2, 0.25) is 0 Å². The van der Waals surface area contributed by atoms with Gasteiger partial charge in [-0.2, -0.15) is 0 Å². The first-order chi connectivity index (χ1) is 12.8. The Balaban J connectivity index is 1.60. The van der Waals surface area contributed by atoms with Gasteiger partial charge in [-0.15, -0.1) is 0 Å². The Morgan fingerprint density at radius 3 is 2.41 bits per heavy atom. The maximum Gasteiger partial charge on any atom is 0.347 e. The van der Waals surface area contributed by atoms with Crippen molar-refractivity contribution in [3.05, 3.63) is 59.9 Å². The molecule has 1 saturated heterocycles. The van der Waals surface area contributed by atoms with Crippen LogP contribution in [-0.4, -0.2) is 33.1 Å². The van der Waals surface area contributed by atoms with Crippen molar-refractivity contribution in [1.29, 1.82) is 0 Å². The smallest absolute Gasteiger partial charge is 0.347 e. The molecule has 0 bridgehead atoms. The molecule has 9 heteroatoms. The van der Waals surface area contributed by atoms with E-state index in [4.69, 9.17) is 9.47 Å². The second-order valence-electron chi connectivity index (χ2n) is 5.87. The number of carbonyl (C=O) groups is 2. The molecule has 1 aliphatic rings. The number of anilines is 1. The largest absolute Gasteiger partial charge is 0.463 e. The van der Waals surface area contributed by atoms with Crippen LogP contribution >= 0.6 is 0 Å². The van der Waals surface area contributed by atoms with Gasteiger partial charge in [0.25, 0.3) is 10.0 Å². The third-order valence-corrected chi connectivity index (χ3v) is 5.24. The summed E-state index contributed by atoms with van der Waals surface area (Å²) >= 11 is 0. The molecule has 0 aromatic heterocycles. The van der Waals surface area contributed by atoms with Crippen molar-refractivity contribution in [3.8, 4) is 0 Å². The monoisotopic (exact) mass is 393 g/mol. The molecule has 1 atom stereocenters. The van der Waals surface area contributed by atoms with Gasteiger partial charge in [0.1, 0.15) is 5.82 Å². The second-order valence-corrected chi connectivity index (χ2v) is 7.55. The van der Waals surface area contributed by atoms with E-state index in [9.17, 15) is 22.4 Å². The van der Waals surface area contributed by atoms with E-state index < -0.39 is 33.9 Å². The number of carbonyl (C=O) groups excluding carboxylic acids is 2. The molecular weight excluding hydrogens is 377 g/mol. The van der Waals surface area contributed by atoms with Gasteiger partial charge in [0, 0.05) is 12.1 Å². The topological polar surface area (TPSA) is 98.8 Å². The van der Waals surface area contributed by atoms with Crippen molar-refractivity contribution in [2.24, 2.45) is 0 Å². The maximum absolute atomic E-state index is 12.9. The number of halogens is 1. The SMILES string of the molecule is O=C(Cc1ccc(NS(=O)(=O)c2ccc(F)cc2)cc1)O[C@@H]1CCOC1=O. The molecule has 0 saturated carbocycles. The molecule has 2 aromatic rings. The molecular formula is C18H16FNO6S. The van der Waals surface area contributed by atoms with Gasteiger partial charge < -0.3 is 9.47 Å². The Labute approximate surface area is 155 Å². The number of benzene rings is 2. The lowest BCUT2D eigenvalue weighted by molar-refractivity contribution is -0.159. The average molecular weight is 393 g/mol. The highest BCUT2D eigenvalue weighted by atomic mass is 32.2. The number of sulfonamides is 1. The van der Waals surface area contributed by atoms with Crippen LogP contribution in [0.4, 0.5) is 10.1 Å². The molecule has 1 fully saturated rings. The predicted molar refractivity (Wildman–Crippen MR) is 92.8 cm³/mol. The predicted octanol–water partition coefficient (Wildman–Crippen LogP) is 2.03. The molecule has 0 radical (unpaired) electrons. The first-order valence-electron chi connectivity index (χ1n) is 8.07. The first kappa shape index (κ1) is 18.8. The number of hydrogen-bond donors (Lipinski definition) is 1. The molecule has 142 valence electrons. The van der Waals surface area contributed by atoms with Crippen molar-refractivity contribution >= 4 is 27.6 Å². The van der Waals surface area contributed by atoms with Crippen LogP contribution in [0.15, 0.2) is 53.4 Å². The minimum absolute atomic E-state index is 0.0607.